The van der Waals surface area contributed by atoms with Gasteiger partial charge in [0, 0.05) is 5.56 Å². The number of rotatable bonds is 3. The molecule has 80 valence electrons. The molecule has 4 nitrogen and oxygen atoms in total. The Bertz CT molecular complexity index is 473. The summed E-state index contributed by atoms with van der Waals surface area (Å²) in [5, 5.41) is 17.8. The van der Waals surface area contributed by atoms with Crippen LogP contribution in [0.2, 0.25) is 0 Å². The lowest BCUT2D eigenvalue weighted by Crippen LogP contribution is -2.29. The van der Waals surface area contributed by atoms with E-state index in [1.165, 1.54) is 30.5 Å². The first-order valence-corrected chi connectivity index (χ1v) is 4.73. The lowest BCUT2D eigenvalue weighted by molar-refractivity contribution is 0.101. The van der Waals surface area contributed by atoms with Gasteiger partial charge in [-0.1, -0.05) is 24.3 Å². The van der Waals surface area contributed by atoms with Crippen LogP contribution in [-0.2, 0) is 0 Å². The van der Waals surface area contributed by atoms with E-state index in [0.717, 1.165) is 0 Å². The standard InChI is InChI=1S/C11H9BO4/c13-11(10-2-1-7-16-10)8-3-5-9(6-4-8)12(14)15/h1-7,14-15H. The lowest BCUT2D eigenvalue weighted by atomic mass is 9.80. The van der Waals surface area contributed by atoms with Crippen molar-refractivity contribution >= 4 is 18.4 Å². The summed E-state index contributed by atoms with van der Waals surface area (Å²) in [6.45, 7) is 0. The van der Waals surface area contributed by atoms with Crippen LogP contribution in [0.5, 0.6) is 0 Å². The van der Waals surface area contributed by atoms with Gasteiger partial charge in [0.05, 0.1) is 6.26 Å². The number of benzene rings is 1. The predicted molar refractivity (Wildman–Crippen MR) is 58.4 cm³/mol. The summed E-state index contributed by atoms with van der Waals surface area (Å²) in [6, 6.07) is 9.25. The first-order chi connectivity index (χ1) is 7.68. The summed E-state index contributed by atoms with van der Waals surface area (Å²) in [7, 11) is -1.52. The smallest absolute Gasteiger partial charge is 0.461 e. The highest BCUT2D eigenvalue weighted by molar-refractivity contribution is 6.58. The Labute approximate surface area is 92.3 Å². The van der Waals surface area contributed by atoms with Crippen LogP contribution in [0.25, 0.3) is 0 Å². The fraction of sp³-hybridized carbons (Fsp3) is 0. The number of furan rings is 1. The molecule has 0 unspecified atom stereocenters. The average Bonchev–Trinajstić information content (AvgIpc) is 2.81. The summed E-state index contributed by atoms with van der Waals surface area (Å²) in [5.74, 6) is 0.0290. The van der Waals surface area contributed by atoms with Gasteiger partial charge in [-0.3, -0.25) is 4.79 Å². The zero-order chi connectivity index (χ0) is 11.5. The van der Waals surface area contributed by atoms with Gasteiger partial charge >= 0.3 is 7.12 Å². The van der Waals surface area contributed by atoms with Crippen LogP contribution in [0.15, 0.2) is 47.1 Å². The van der Waals surface area contributed by atoms with Gasteiger partial charge < -0.3 is 14.5 Å². The SMILES string of the molecule is O=C(c1ccc(B(O)O)cc1)c1ccco1. The van der Waals surface area contributed by atoms with E-state index in [9.17, 15) is 4.79 Å². The van der Waals surface area contributed by atoms with Crippen molar-refractivity contribution in [3.63, 3.8) is 0 Å². The Morgan fingerprint density at radius 2 is 1.81 bits per heavy atom. The number of carbonyl (C=O) groups is 1. The maximum absolute atomic E-state index is 11.8. The highest BCUT2D eigenvalue weighted by Crippen LogP contribution is 2.09. The molecule has 2 aromatic rings. The van der Waals surface area contributed by atoms with Crippen molar-refractivity contribution in [2.75, 3.05) is 0 Å². The van der Waals surface area contributed by atoms with Gasteiger partial charge in [0.2, 0.25) is 5.78 Å². The van der Waals surface area contributed by atoms with Crippen LogP contribution in [0.4, 0.5) is 0 Å². The highest BCUT2D eigenvalue weighted by Gasteiger charge is 2.14. The van der Waals surface area contributed by atoms with Crippen molar-refractivity contribution in [1.29, 1.82) is 0 Å². The monoisotopic (exact) mass is 216 g/mol. The molecular weight excluding hydrogens is 207 g/mol. The zero-order valence-electron chi connectivity index (χ0n) is 8.33. The third kappa shape index (κ3) is 2.05. The molecule has 16 heavy (non-hydrogen) atoms. The van der Waals surface area contributed by atoms with E-state index < -0.39 is 7.12 Å². The summed E-state index contributed by atoms with van der Waals surface area (Å²) in [6.07, 6.45) is 1.43. The normalized spacial score (nSPS) is 10.1. The Hall–Kier alpha value is -1.85. The first-order valence-electron chi connectivity index (χ1n) is 4.73. The first kappa shape index (κ1) is 10.7. The fourth-order valence-electron chi connectivity index (χ4n) is 1.36. The molecule has 1 aromatic heterocycles. The van der Waals surface area contributed by atoms with Crippen LogP contribution < -0.4 is 5.46 Å². The molecule has 0 aliphatic heterocycles. The molecule has 1 aromatic carbocycles. The molecular formula is C11H9BO4. The number of hydrogen-bond donors (Lipinski definition) is 2. The van der Waals surface area contributed by atoms with Gasteiger partial charge in [-0.15, -0.1) is 0 Å². The molecule has 0 fully saturated rings. The Kier molecular flexibility index (Phi) is 2.89. The van der Waals surface area contributed by atoms with Crippen LogP contribution in [0.1, 0.15) is 16.1 Å². The maximum atomic E-state index is 11.8. The van der Waals surface area contributed by atoms with Gasteiger partial charge in [0.15, 0.2) is 5.76 Å². The third-order valence-electron chi connectivity index (χ3n) is 2.22. The van der Waals surface area contributed by atoms with Crippen LogP contribution in [-0.4, -0.2) is 22.9 Å². The Morgan fingerprint density at radius 3 is 2.31 bits per heavy atom. The molecule has 2 rings (SSSR count). The van der Waals surface area contributed by atoms with Crippen molar-refractivity contribution in [2.45, 2.75) is 0 Å². The van der Waals surface area contributed by atoms with Gasteiger partial charge in [0.25, 0.3) is 0 Å². The number of carbonyl (C=O) groups excluding carboxylic acids is 1. The molecule has 5 heteroatoms. The van der Waals surface area contributed by atoms with E-state index in [4.69, 9.17) is 14.5 Å². The van der Waals surface area contributed by atoms with Gasteiger partial charge in [0.1, 0.15) is 0 Å². The molecule has 0 saturated carbocycles. The minimum absolute atomic E-state index is 0.232. The molecule has 1 heterocycles. The largest absolute Gasteiger partial charge is 0.488 e. The molecule has 0 atom stereocenters. The summed E-state index contributed by atoms with van der Waals surface area (Å²) >= 11 is 0. The molecule has 2 N–H and O–H groups in total. The van der Waals surface area contributed by atoms with E-state index in [0.29, 0.717) is 11.0 Å². The number of hydrogen-bond acceptors (Lipinski definition) is 4. The second kappa shape index (κ2) is 4.34. The lowest BCUT2D eigenvalue weighted by Gasteiger charge is -2.01. The van der Waals surface area contributed by atoms with Crippen LogP contribution in [0.3, 0.4) is 0 Å². The van der Waals surface area contributed by atoms with E-state index in [2.05, 4.69) is 0 Å². The van der Waals surface area contributed by atoms with Crippen molar-refractivity contribution in [3.8, 4) is 0 Å². The van der Waals surface area contributed by atoms with Crippen molar-refractivity contribution in [3.05, 3.63) is 54.0 Å². The third-order valence-corrected chi connectivity index (χ3v) is 2.22. The predicted octanol–water partition coefficient (Wildman–Crippen LogP) is 0.190. The zero-order valence-corrected chi connectivity index (χ0v) is 8.33. The van der Waals surface area contributed by atoms with Crippen molar-refractivity contribution in [2.24, 2.45) is 0 Å². The van der Waals surface area contributed by atoms with Gasteiger partial charge in [-0.25, -0.2) is 0 Å². The molecule has 0 bridgehead atoms. The van der Waals surface area contributed by atoms with Crippen LogP contribution >= 0.6 is 0 Å². The van der Waals surface area contributed by atoms with E-state index >= 15 is 0 Å². The van der Waals surface area contributed by atoms with Gasteiger partial charge in [-0.2, -0.15) is 0 Å². The van der Waals surface area contributed by atoms with E-state index in [1.807, 2.05) is 0 Å². The summed E-state index contributed by atoms with van der Waals surface area (Å²) in [5.41, 5.74) is 0.787. The maximum Gasteiger partial charge on any atom is 0.488 e. The highest BCUT2D eigenvalue weighted by atomic mass is 16.4. The summed E-state index contributed by atoms with van der Waals surface area (Å²) < 4.78 is 4.98. The average molecular weight is 216 g/mol. The van der Waals surface area contributed by atoms with Crippen molar-refractivity contribution < 1.29 is 19.3 Å². The molecule has 0 saturated heterocycles. The molecule has 0 aliphatic carbocycles. The molecule has 0 radical (unpaired) electrons. The molecule has 0 amide bonds. The summed E-state index contributed by atoms with van der Waals surface area (Å²) in [4.78, 5) is 11.8. The molecule has 0 spiro atoms. The Morgan fingerprint density at radius 1 is 1.12 bits per heavy atom. The van der Waals surface area contributed by atoms with Gasteiger partial charge in [-0.05, 0) is 17.6 Å². The second-order valence-corrected chi connectivity index (χ2v) is 3.30. The van der Waals surface area contributed by atoms with Crippen LogP contribution in [0, 0.1) is 0 Å². The van der Waals surface area contributed by atoms with E-state index in [-0.39, 0.29) is 11.5 Å². The number of ketones is 1. The second-order valence-electron chi connectivity index (χ2n) is 3.30. The minimum atomic E-state index is -1.52. The quantitative estimate of drug-likeness (QED) is 0.567. The minimum Gasteiger partial charge on any atom is -0.461 e. The topological polar surface area (TPSA) is 70.7 Å². The van der Waals surface area contributed by atoms with Crippen molar-refractivity contribution in [1.82, 2.24) is 0 Å². The Balaban J connectivity index is 2.25. The van der Waals surface area contributed by atoms with E-state index in [1.54, 1.807) is 12.1 Å². The molecule has 0 aliphatic rings. The fourth-order valence-corrected chi connectivity index (χ4v) is 1.36.